The van der Waals surface area contributed by atoms with Crippen LogP contribution in [0.2, 0.25) is 0 Å². The number of thiocarbonyl (C=S) groups is 1. The number of rotatable bonds is 10. The fourth-order valence-corrected chi connectivity index (χ4v) is 4.21. The SMILES string of the molecule is C/C=C(/C)C(=S)N(CN(CI)CCCCCC)C1=CC2C[C@H]2C=C1C. The highest BCUT2D eigenvalue weighted by Crippen LogP contribution is 2.47. The number of halogens is 1. The molecule has 0 heterocycles. The summed E-state index contributed by atoms with van der Waals surface area (Å²) in [4.78, 5) is 5.88. The summed E-state index contributed by atoms with van der Waals surface area (Å²) in [7, 11) is 0. The summed E-state index contributed by atoms with van der Waals surface area (Å²) >= 11 is 8.35. The highest BCUT2D eigenvalue weighted by molar-refractivity contribution is 14.1. The summed E-state index contributed by atoms with van der Waals surface area (Å²) in [5.74, 6) is 1.53. The van der Waals surface area contributed by atoms with E-state index in [0.717, 1.165) is 34.6 Å². The predicted molar refractivity (Wildman–Crippen MR) is 122 cm³/mol. The highest BCUT2D eigenvalue weighted by atomic mass is 127. The molecule has 0 radical (unpaired) electrons. The largest absolute Gasteiger partial charge is 0.319 e. The second-order valence-corrected chi connectivity index (χ2v) is 8.45. The Kier molecular flexibility index (Phi) is 8.62. The average Bonchev–Trinajstić information content (AvgIpc) is 3.37. The van der Waals surface area contributed by atoms with Crippen LogP contribution in [0.3, 0.4) is 0 Å². The van der Waals surface area contributed by atoms with Gasteiger partial charge >= 0.3 is 0 Å². The Labute approximate surface area is 173 Å². The maximum absolute atomic E-state index is 5.86. The molecule has 1 fully saturated rings. The minimum Gasteiger partial charge on any atom is -0.319 e. The fourth-order valence-electron chi connectivity index (χ4n) is 3.38. The molecule has 2 nitrogen and oxygen atoms in total. The molecule has 0 N–H and O–H groups in total. The number of nitrogens with zero attached hydrogens (tertiary/aromatic N) is 2. The number of hydrogen-bond donors (Lipinski definition) is 0. The molecule has 0 saturated heterocycles. The van der Waals surface area contributed by atoms with Gasteiger partial charge in [0.1, 0.15) is 4.99 Å². The quantitative estimate of drug-likeness (QED) is 0.0702. The van der Waals surface area contributed by atoms with E-state index in [2.05, 4.69) is 78.3 Å². The lowest BCUT2D eigenvalue weighted by Crippen LogP contribution is -2.41. The van der Waals surface area contributed by atoms with Gasteiger partial charge in [-0.05, 0) is 56.6 Å². The molecule has 2 aliphatic carbocycles. The fraction of sp³-hybridized carbons (Fsp3) is 0.667. The van der Waals surface area contributed by atoms with Crippen LogP contribution < -0.4 is 0 Å². The number of fused-ring (bicyclic) bond motifs is 1. The molecule has 2 aliphatic rings. The van der Waals surface area contributed by atoms with Crippen LogP contribution in [-0.4, -0.2) is 32.6 Å². The summed E-state index contributed by atoms with van der Waals surface area (Å²) in [6.45, 7) is 10.8. The molecular formula is C21H33IN2S. The van der Waals surface area contributed by atoms with Gasteiger partial charge in [0.2, 0.25) is 0 Å². The normalized spacial score (nSPS) is 22.4. The van der Waals surface area contributed by atoms with E-state index in [0.29, 0.717) is 0 Å². The van der Waals surface area contributed by atoms with E-state index in [1.165, 1.54) is 48.9 Å². The first-order valence-electron chi connectivity index (χ1n) is 9.65. The van der Waals surface area contributed by atoms with Crippen molar-refractivity contribution in [1.29, 1.82) is 0 Å². The standard InChI is InChI=1S/C21H33IN2S/c1-5-7-8-9-10-23(14-22)15-24(21(25)16(3)6-2)20-13-19-12-18(19)11-17(20)4/h6,11,13,18-19H,5,7-10,12,14-15H2,1-4H3/b16-6-/t18-,19?/m1/s1. The van der Waals surface area contributed by atoms with Gasteiger partial charge in [-0.25, -0.2) is 0 Å². The smallest absolute Gasteiger partial charge is 0.110 e. The molecule has 4 heteroatoms. The van der Waals surface area contributed by atoms with Crippen LogP contribution in [0.15, 0.2) is 35.1 Å². The zero-order valence-electron chi connectivity index (χ0n) is 16.2. The van der Waals surface area contributed by atoms with E-state index >= 15 is 0 Å². The first-order chi connectivity index (χ1) is 12.0. The second-order valence-electron chi connectivity index (χ2n) is 7.39. The van der Waals surface area contributed by atoms with Crippen LogP contribution >= 0.6 is 34.8 Å². The van der Waals surface area contributed by atoms with Gasteiger partial charge in [0.25, 0.3) is 0 Å². The van der Waals surface area contributed by atoms with Crippen LogP contribution in [0, 0.1) is 11.8 Å². The molecule has 140 valence electrons. The summed E-state index contributed by atoms with van der Waals surface area (Å²) < 4.78 is 1.04. The van der Waals surface area contributed by atoms with E-state index in [9.17, 15) is 0 Å². The van der Waals surface area contributed by atoms with Gasteiger partial charge in [-0.3, -0.25) is 4.90 Å². The Morgan fingerprint density at radius 1 is 1.28 bits per heavy atom. The molecule has 0 aromatic heterocycles. The van der Waals surface area contributed by atoms with Crippen molar-refractivity contribution in [1.82, 2.24) is 9.80 Å². The first-order valence-corrected chi connectivity index (χ1v) is 11.6. The van der Waals surface area contributed by atoms with Crippen LogP contribution in [0.25, 0.3) is 0 Å². The van der Waals surface area contributed by atoms with Gasteiger partial charge in [-0.2, -0.15) is 0 Å². The molecule has 25 heavy (non-hydrogen) atoms. The average molecular weight is 472 g/mol. The molecule has 0 bridgehead atoms. The van der Waals surface area contributed by atoms with Crippen LogP contribution in [0.5, 0.6) is 0 Å². The van der Waals surface area contributed by atoms with Crippen molar-refractivity contribution in [2.45, 2.75) is 59.8 Å². The van der Waals surface area contributed by atoms with Gasteiger partial charge < -0.3 is 4.90 Å². The van der Waals surface area contributed by atoms with E-state index in [4.69, 9.17) is 12.2 Å². The summed E-state index contributed by atoms with van der Waals surface area (Å²) in [6, 6.07) is 0. The maximum Gasteiger partial charge on any atom is 0.110 e. The Balaban J connectivity index is 2.11. The third-order valence-corrected chi connectivity index (χ3v) is 6.78. The number of hydrogen-bond acceptors (Lipinski definition) is 2. The van der Waals surface area contributed by atoms with Crippen molar-refractivity contribution < 1.29 is 0 Å². The van der Waals surface area contributed by atoms with E-state index < -0.39 is 0 Å². The number of unbranched alkanes of at least 4 members (excludes halogenated alkanes) is 3. The molecule has 0 aromatic carbocycles. The predicted octanol–water partition coefficient (Wildman–Crippen LogP) is 6.29. The third-order valence-electron chi connectivity index (χ3n) is 5.28. The first kappa shape index (κ1) is 21.1. The number of allylic oxidation sites excluding steroid dienone is 4. The van der Waals surface area contributed by atoms with Gasteiger partial charge in [0, 0.05) is 12.2 Å². The van der Waals surface area contributed by atoms with Crippen molar-refractivity contribution in [3.63, 3.8) is 0 Å². The maximum atomic E-state index is 5.86. The third kappa shape index (κ3) is 5.90. The minimum absolute atomic E-state index is 0.743. The Morgan fingerprint density at radius 2 is 2.00 bits per heavy atom. The van der Waals surface area contributed by atoms with Crippen LogP contribution in [0.1, 0.15) is 59.8 Å². The van der Waals surface area contributed by atoms with Crippen molar-refractivity contribution in [3.8, 4) is 0 Å². The van der Waals surface area contributed by atoms with Gasteiger partial charge in [-0.15, -0.1) is 0 Å². The van der Waals surface area contributed by atoms with Crippen LogP contribution in [0.4, 0.5) is 0 Å². The highest BCUT2D eigenvalue weighted by Gasteiger charge is 2.38. The summed E-state index contributed by atoms with van der Waals surface area (Å²) in [5, 5.41) is 0. The van der Waals surface area contributed by atoms with E-state index in [-0.39, 0.29) is 0 Å². The lowest BCUT2D eigenvalue weighted by atomic mass is 10.0. The van der Waals surface area contributed by atoms with Crippen molar-refractivity contribution in [2.75, 3.05) is 17.8 Å². The molecule has 0 spiro atoms. The Morgan fingerprint density at radius 3 is 2.64 bits per heavy atom. The van der Waals surface area contributed by atoms with Gasteiger partial charge in [0.05, 0.1) is 11.2 Å². The molecular weight excluding hydrogens is 439 g/mol. The van der Waals surface area contributed by atoms with E-state index in [1.54, 1.807) is 0 Å². The summed E-state index contributed by atoms with van der Waals surface area (Å²) in [5.41, 5.74) is 3.93. The molecule has 1 saturated carbocycles. The topological polar surface area (TPSA) is 6.48 Å². The van der Waals surface area contributed by atoms with Crippen molar-refractivity contribution in [3.05, 3.63) is 35.1 Å². The minimum atomic E-state index is 0.743. The Hall–Kier alpha value is -0.200. The molecule has 2 atom stereocenters. The van der Waals surface area contributed by atoms with E-state index in [1.807, 2.05) is 0 Å². The second kappa shape index (κ2) is 10.2. The molecule has 2 rings (SSSR count). The molecule has 0 amide bonds. The lowest BCUT2D eigenvalue weighted by molar-refractivity contribution is 0.243. The monoisotopic (exact) mass is 472 g/mol. The molecule has 0 aromatic rings. The lowest BCUT2D eigenvalue weighted by Gasteiger charge is -2.34. The van der Waals surface area contributed by atoms with Gasteiger partial charge in [0.15, 0.2) is 0 Å². The Bertz CT molecular complexity index is 564. The molecule has 0 aliphatic heterocycles. The van der Waals surface area contributed by atoms with Crippen molar-refractivity contribution >= 4 is 39.8 Å². The zero-order chi connectivity index (χ0) is 18.4. The number of alkyl halides is 1. The van der Waals surface area contributed by atoms with Gasteiger partial charge in [-0.1, -0.05) is 79.2 Å². The molecule has 1 unspecified atom stereocenters. The zero-order valence-corrected chi connectivity index (χ0v) is 19.2. The summed E-state index contributed by atoms with van der Waals surface area (Å²) in [6.07, 6.45) is 13.6. The van der Waals surface area contributed by atoms with Crippen molar-refractivity contribution in [2.24, 2.45) is 11.8 Å². The van der Waals surface area contributed by atoms with Crippen LogP contribution in [-0.2, 0) is 0 Å².